The maximum absolute atomic E-state index is 11.9. The van der Waals surface area contributed by atoms with Gasteiger partial charge in [0.05, 0.1) is 23.4 Å². The number of hydrogen-bond acceptors (Lipinski definition) is 8. The van der Waals surface area contributed by atoms with Crippen molar-refractivity contribution in [2.24, 2.45) is 7.05 Å². The molecule has 10 nitrogen and oxygen atoms in total. The lowest BCUT2D eigenvalue weighted by atomic mass is 10.1. The zero-order valence-electron chi connectivity index (χ0n) is 20.5. The fraction of sp³-hybridized carbons (Fsp3) is 0.280. The highest BCUT2D eigenvalue weighted by Gasteiger charge is 2.23. The molecule has 2 aromatic heterocycles. The lowest BCUT2D eigenvalue weighted by Crippen LogP contribution is -2.21. The lowest BCUT2D eigenvalue weighted by Gasteiger charge is -2.21. The Hall–Kier alpha value is -4.18. The first kappa shape index (κ1) is 24.0. The molecule has 35 heavy (non-hydrogen) atoms. The number of nitrogens with one attached hydrogen (secondary N) is 1. The van der Waals surface area contributed by atoms with Gasteiger partial charge in [0.15, 0.2) is 0 Å². The number of para-hydroxylation sites is 1. The van der Waals surface area contributed by atoms with Crippen LogP contribution >= 0.6 is 0 Å². The van der Waals surface area contributed by atoms with Crippen LogP contribution in [0.1, 0.15) is 0 Å². The van der Waals surface area contributed by atoms with E-state index >= 15 is 0 Å². The normalized spacial score (nSPS) is 11.1. The van der Waals surface area contributed by atoms with Gasteiger partial charge >= 0.3 is 0 Å². The number of aromatic nitrogens is 3. The summed E-state index contributed by atoms with van der Waals surface area (Å²) in [5.41, 5.74) is 3.69. The van der Waals surface area contributed by atoms with Gasteiger partial charge in [-0.05, 0) is 26.2 Å². The lowest BCUT2D eigenvalue weighted by molar-refractivity contribution is -0.383. The molecule has 0 fully saturated rings. The summed E-state index contributed by atoms with van der Waals surface area (Å²) < 4.78 is 7.65. The Morgan fingerprint density at radius 3 is 2.66 bits per heavy atom. The first-order valence-electron chi connectivity index (χ1n) is 11.2. The number of anilines is 3. The molecule has 0 spiro atoms. The number of nitro groups is 1. The number of likely N-dealkylation sites (N-methyl/N-ethyl adjacent to an activating group) is 1. The highest BCUT2D eigenvalue weighted by molar-refractivity contribution is 5.95. The largest absolute Gasteiger partial charge is 0.494 e. The summed E-state index contributed by atoms with van der Waals surface area (Å²) >= 11 is 0. The summed E-state index contributed by atoms with van der Waals surface area (Å²) in [6.45, 7) is 1.29. The number of nitro benzene ring substituents is 1. The Labute approximate surface area is 203 Å². The van der Waals surface area contributed by atoms with Gasteiger partial charge < -0.3 is 24.4 Å². The van der Waals surface area contributed by atoms with Gasteiger partial charge in [-0.2, -0.15) is 0 Å². The van der Waals surface area contributed by atoms with E-state index in [2.05, 4.69) is 27.0 Å². The average Bonchev–Trinajstić information content (AvgIpc) is 3.19. The molecule has 0 saturated heterocycles. The van der Waals surface area contributed by atoms with Crippen molar-refractivity contribution < 1.29 is 9.66 Å². The van der Waals surface area contributed by atoms with Crippen LogP contribution in [0.3, 0.4) is 0 Å². The molecule has 0 radical (unpaired) electrons. The van der Waals surface area contributed by atoms with Crippen LogP contribution in [0.15, 0.2) is 54.9 Å². The molecular weight excluding hydrogens is 446 g/mol. The SMILES string of the molecule is COc1cc(NCCN(C)C)c([N+](=O)[O-])cc1N(C)c1nccc(-c2cn(C)c3ccccc23)n1. The van der Waals surface area contributed by atoms with Gasteiger partial charge in [0.1, 0.15) is 11.4 Å². The van der Waals surface area contributed by atoms with E-state index in [0.29, 0.717) is 29.6 Å². The van der Waals surface area contributed by atoms with Gasteiger partial charge in [0, 0.05) is 68.2 Å². The molecule has 4 rings (SSSR count). The smallest absolute Gasteiger partial charge is 0.294 e. The third-order valence-corrected chi connectivity index (χ3v) is 5.85. The van der Waals surface area contributed by atoms with Gasteiger partial charge in [-0.1, -0.05) is 18.2 Å². The second-order valence-corrected chi connectivity index (χ2v) is 8.50. The summed E-state index contributed by atoms with van der Waals surface area (Å²) in [4.78, 5) is 24.4. The molecule has 10 heteroatoms. The van der Waals surface area contributed by atoms with Crippen LogP contribution in [0, 0.1) is 10.1 Å². The molecule has 0 saturated carbocycles. The number of ether oxygens (including phenoxy) is 1. The van der Waals surface area contributed by atoms with Crippen LogP contribution < -0.4 is 15.0 Å². The number of nitrogens with zero attached hydrogens (tertiary/aromatic N) is 6. The van der Waals surface area contributed by atoms with E-state index in [0.717, 1.165) is 28.7 Å². The van der Waals surface area contributed by atoms with Crippen LogP contribution in [-0.2, 0) is 7.05 Å². The topological polar surface area (TPSA) is 102 Å². The quantitative estimate of drug-likeness (QED) is 0.283. The Morgan fingerprint density at radius 2 is 1.94 bits per heavy atom. The van der Waals surface area contributed by atoms with Gasteiger partial charge in [-0.3, -0.25) is 10.1 Å². The highest BCUT2D eigenvalue weighted by atomic mass is 16.6. The monoisotopic (exact) mass is 475 g/mol. The third-order valence-electron chi connectivity index (χ3n) is 5.85. The first-order chi connectivity index (χ1) is 16.8. The van der Waals surface area contributed by atoms with Crippen LogP contribution in [0.5, 0.6) is 5.75 Å². The molecule has 4 aromatic rings. The molecule has 0 aliphatic rings. The molecule has 0 amide bonds. The fourth-order valence-corrected chi connectivity index (χ4v) is 4.00. The maximum Gasteiger partial charge on any atom is 0.294 e. The van der Waals surface area contributed by atoms with E-state index in [9.17, 15) is 10.1 Å². The van der Waals surface area contributed by atoms with E-state index in [1.54, 1.807) is 24.2 Å². The third kappa shape index (κ3) is 4.87. The summed E-state index contributed by atoms with van der Waals surface area (Å²) in [6.07, 6.45) is 3.73. The van der Waals surface area contributed by atoms with Crippen LogP contribution in [0.25, 0.3) is 22.2 Å². The van der Waals surface area contributed by atoms with Crippen molar-refractivity contribution in [1.82, 2.24) is 19.4 Å². The predicted octanol–water partition coefficient (Wildman–Crippen LogP) is 4.29. The van der Waals surface area contributed by atoms with Crippen molar-refractivity contribution in [2.45, 2.75) is 0 Å². The second kappa shape index (κ2) is 9.98. The van der Waals surface area contributed by atoms with E-state index < -0.39 is 4.92 Å². The minimum absolute atomic E-state index is 0.0448. The van der Waals surface area contributed by atoms with Gasteiger partial charge in [-0.15, -0.1) is 0 Å². The Bertz CT molecular complexity index is 1370. The van der Waals surface area contributed by atoms with E-state index in [1.165, 1.54) is 13.2 Å². The molecule has 0 bridgehead atoms. The standard InChI is InChI=1S/C25H29N7O3/c1-29(2)13-12-26-20-14-24(35-5)23(15-22(20)32(33)34)31(4)25-27-11-10-19(28-25)18-16-30(3)21-9-7-6-8-17(18)21/h6-11,14-16,26H,12-13H2,1-5H3. The molecule has 2 heterocycles. The number of benzene rings is 2. The minimum Gasteiger partial charge on any atom is -0.494 e. The number of hydrogen-bond donors (Lipinski definition) is 1. The molecule has 0 aliphatic carbocycles. The summed E-state index contributed by atoms with van der Waals surface area (Å²) in [7, 11) is 9.19. The van der Waals surface area contributed by atoms with Crippen molar-refractivity contribution in [3.05, 3.63) is 65.0 Å². The van der Waals surface area contributed by atoms with E-state index in [-0.39, 0.29) is 5.69 Å². The molecule has 182 valence electrons. The predicted molar refractivity (Wildman–Crippen MR) is 139 cm³/mol. The second-order valence-electron chi connectivity index (χ2n) is 8.50. The van der Waals surface area contributed by atoms with Crippen molar-refractivity contribution >= 4 is 33.9 Å². The Morgan fingerprint density at radius 1 is 1.17 bits per heavy atom. The summed E-state index contributed by atoms with van der Waals surface area (Å²) in [5.74, 6) is 0.876. The first-order valence-corrected chi connectivity index (χ1v) is 11.2. The number of methoxy groups -OCH3 is 1. The van der Waals surface area contributed by atoms with E-state index in [4.69, 9.17) is 9.72 Å². The molecule has 0 unspecified atom stereocenters. The zero-order chi connectivity index (χ0) is 25.1. The van der Waals surface area contributed by atoms with E-state index in [1.807, 2.05) is 50.4 Å². The Kier molecular flexibility index (Phi) is 6.83. The van der Waals surface area contributed by atoms with Gasteiger partial charge in [0.25, 0.3) is 5.69 Å². The molecule has 0 aliphatic heterocycles. The highest BCUT2D eigenvalue weighted by Crippen LogP contribution is 2.40. The van der Waals surface area contributed by atoms with Crippen molar-refractivity contribution in [2.75, 3.05) is 51.6 Å². The van der Waals surface area contributed by atoms with Crippen molar-refractivity contribution in [3.63, 3.8) is 0 Å². The zero-order valence-corrected chi connectivity index (χ0v) is 20.5. The number of fused-ring (bicyclic) bond motifs is 1. The van der Waals surface area contributed by atoms with Crippen LogP contribution in [0.4, 0.5) is 23.0 Å². The molecule has 0 atom stereocenters. The average molecular weight is 476 g/mol. The molecular formula is C25H29N7O3. The summed E-state index contributed by atoms with van der Waals surface area (Å²) in [6, 6.07) is 13.1. The van der Waals surface area contributed by atoms with Crippen LogP contribution in [-0.4, -0.2) is 65.7 Å². The van der Waals surface area contributed by atoms with Crippen LogP contribution in [0.2, 0.25) is 0 Å². The van der Waals surface area contributed by atoms with Gasteiger partial charge in [0.2, 0.25) is 5.95 Å². The fourth-order valence-electron chi connectivity index (χ4n) is 4.00. The maximum atomic E-state index is 11.9. The number of rotatable bonds is 9. The van der Waals surface area contributed by atoms with Crippen molar-refractivity contribution in [1.29, 1.82) is 0 Å². The van der Waals surface area contributed by atoms with Crippen molar-refractivity contribution in [3.8, 4) is 17.0 Å². The Balaban J connectivity index is 1.73. The van der Waals surface area contributed by atoms with Gasteiger partial charge in [-0.25, -0.2) is 9.97 Å². The molecule has 2 aromatic carbocycles. The number of aryl methyl sites for hydroxylation is 1. The minimum atomic E-state index is -0.401. The summed E-state index contributed by atoms with van der Waals surface area (Å²) in [5, 5.41) is 16.1. The molecule has 1 N–H and O–H groups in total.